The van der Waals surface area contributed by atoms with Crippen LogP contribution in [-0.2, 0) is 11.4 Å². The van der Waals surface area contributed by atoms with E-state index in [0.29, 0.717) is 21.9 Å². The van der Waals surface area contributed by atoms with E-state index in [-0.39, 0.29) is 18.3 Å². The van der Waals surface area contributed by atoms with Crippen LogP contribution in [0.4, 0.5) is 11.4 Å². The molecular formula is C23H16ClN3O3S2. The molecule has 0 spiro atoms. The molecule has 0 saturated heterocycles. The topological polar surface area (TPSA) is 68.5 Å². The molecule has 0 bridgehead atoms. The summed E-state index contributed by atoms with van der Waals surface area (Å²) < 4.78 is 11.2. The molecule has 0 atom stereocenters. The molecule has 4 aromatic rings. The van der Waals surface area contributed by atoms with Gasteiger partial charge in [-0.3, -0.25) is 9.69 Å². The van der Waals surface area contributed by atoms with Gasteiger partial charge >= 0.3 is 0 Å². The summed E-state index contributed by atoms with van der Waals surface area (Å²) in [6, 6.07) is 22.8. The molecule has 160 valence electrons. The van der Waals surface area contributed by atoms with E-state index in [1.54, 1.807) is 40.9 Å². The number of hydrogen-bond donors (Lipinski definition) is 0. The summed E-state index contributed by atoms with van der Waals surface area (Å²) >= 11 is 8.74. The van der Waals surface area contributed by atoms with Gasteiger partial charge in [-0.05, 0) is 48.5 Å². The number of benzene rings is 3. The number of para-hydroxylation sites is 2. The Hall–Kier alpha value is -2.94. The van der Waals surface area contributed by atoms with Crippen molar-refractivity contribution in [2.45, 2.75) is 21.6 Å². The molecule has 0 fully saturated rings. The monoisotopic (exact) mass is 481 g/mol. The quantitative estimate of drug-likeness (QED) is 0.302. The van der Waals surface area contributed by atoms with Crippen molar-refractivity contribution in [2.24, 2.45) is 0 Å². The number of carbonyl (C=O) groups excluding carboxylic acids is 1. The van der Waals surface area contributed by atoms with Crippen LogP contribution in [0, 0.1) is 0 Å². The van der Waals surface area contributed by atoms with Gasteiger partial charge in [-0.15, -0.1) is 10.2 Å². The molecule has 0 N–H and O–H groups in total. The van der Waals surface area contributed by atoms with E-state index in [9.17, 15) is 4.79 Å². The first-order valence-corrected chi connectivity index (χ1v) is 11.9. The Labute approximate surface area is 197 Å². The molecule has 1 aliphatic heterocycles. The third kappa shape index (κ3) is 4.48. The Morgan fingerprint density at radius 1 is 0.969 bits per heavy atom. The van der Waals surface area contributed by atoms with Crippen LogP contribution in [0.5, 0.6) is 5.75 Å². The van der Waals surface area contributed by atoms with Gasteiger partial charge in [0.1, 0.15) is 5.75 Å². The molecule has 0 aliphatic carbocycles. The summed E-state index contributed by atoms with van der Waals surface area (Å²) in [6.45, 7) is 0.132. The minimum absolute atomic E-state index is 0.0626. The first kappa shape index (κ1) is 20.9. The average Bonchev–Trinajstić information content (AvgIpc) is 3.28. The Bertz CT molecular complexity index is 1220. The van der Waals surface area contributed by atoms with Crippen molar-refractivity contribution < 1.29 is 13.9 Å². The lowest BCUT2D eigenvalue weighted by atomic mass is 10.2. The normalized spacial score (nSPS) is 12.2. The lowest BCUT2D eigenvalue weighted by Gasteiger charge is -2.30. The van der Waals surface area contributed by atoms with E-state index < -0.39 is 0 Å². The zero-order valence-corrected chi connectivity index (χ0v) is 19.0. The van der Waals surface area contributed by atoms with Crippen LogP contribution in [-0.4, -0.2) is 21.9 Å². The summed E-state index contributed by atoms with van der Waals surface area (Å²) in [5.74, 6) is 1.08. The number of aromatic nitrogens is 2. The van der Waals surface area contributed by atoms with Crippen LogP contribution in [0.15, 0.2) is 92.2 Å². The Balaban J connectivity index is 1.25. The van der Waals surface area contributed by atoms with Crippen molar-refractivity contribution in [3.8, 4) is 5.75 Å². The molecular weight excluding hydrogens is 466 g/mol. The van der Waals surface area contributed by atoms with Crippen LogP contribution in [0.1, 0.15) is 5.89 Å². The van der Waals surface area contributed by atoms with Gasteiger partial charge in [0.25, 0.3) is 11.1 Å². The van der Waals surface area contributed by atoms with Gasteiger partial charge in [-0.25, -0.2) is 0 Å². The molecule has 0 radical (unpaired) electrons. The first-order chi connectivity index (χ1) is 15.7. The highest BCUT2D eigenvalue weighted by Gasteiger charge is 2.28. The van der Waals surface area contributed by atoms with Crippen molar-refractivity contribution in [2.75, 3.05) is 10.7 Å². The first-order valence-electron chi connectivity index (χ1n) is 9.70. The Morgan fingerprint density at radius 3 is 2.31 bits per heavy atom. The van der Waals surface area contributed by atoms with E-state index in [2.05, 4.69) is 10.2 Å². The van der Waals surface area contributed by atoms with Crippen LogP contribution in [0.2, 0.25) is 5.02 Å². The average molecular weight is 482 g/mol. The summed E-state index contributed by atoms with van der Waals surface area (Å²) in [5, 5.41) is 8.97. The lowest BCUT2D eigenvalue weighted by Crippen LogP contribution is -2.29. The highest BCUT2D eigenvalue weighted by molar-refractivity contribution is 8.00. The van der Waals surface area contributed by atoms with E-state index in [4.69, 9.17) is 20.8 Å². The predicted molar refractivity (Wildman–Crippen MR) is 125 cm³/mol. The number of anilines is 2. The van der Waals surface area contributed by atoms with Crippen LogP contribution in [0.25, 0.3) is 0 Å². The lowest BCUT2D eigenvalue weighted by molar-refractivity contribution is -0.115. The molecule has 1 amide bonds. The Morgan fingerprint density at radius 2 is 1.62 bits per heavy atom. The molecule has 0 unspecified atom stereocenters. The van der Waals surface area contributed by atoms with Crippen molar-refractivity contribution in [3.05, 3.63) is 83.7 Å². The number of nitrogens with zero attached hydrogens (tertiary/aromatic N) is 3. The SMILES string of the molecule is O=C(CSc1nnc(COc2ccc(Cl)cc2)o1)N1c2ccccc2Sc2ccccc21. The highest BCUT2D eigenvalue weighted by atomic mass is 35.5. The number of rotatable bonds is 6. The molecule has 9 heteroatoms. The standard InChI is InChI=1S/C23H16ClN3O3S2/c24-15-9-11-16(12-10-15)29-13-21-25-26-23(30-21)31-14-22(28)27-17-5-1-3-7-19(17)32-20-8-4-2-6-18(20)27/h1-12H,13-14H2. The fourth-order valence-corrected chi connectivity index (χ4v) is 5.01. The van der Waals surface area contributed by atoms with Gasteiger partial charge in [0.2, 0.25) is 5.91 Å². The third-order valence-electron chi connectivity index (χ3n) is 4.63. The second-order valence-corrected chi connectivity index (χ2v) is 9.21. The van der Waals surface area contributed by atoms with Crippen molar-refractivity contribution in [3.63, 3.8) is 0 Å². The van der Waals surface area contributed by atoms with Crippen molar-refractivity contribution in [1.82, 2.24) is 10.2 Å². The molecule has 6 nitrogen and oxygen atoms in total. The van der Waals surface area contributed by atoms with Gasteiger partial charge in [0.05, 0.1) is 17.1 Å². The number of halogens is 1. The van der Waals surface area contributed by atoms with Crippen LogP contribution >= 0.6 is 35.1 Å². The van der Waals surface area contributed by atoms with Gasteiger partial charge < -0.3 is 9.15 Å². The fourth-order valence-electron chi connectivity index (χ4n) is 3.19. The maximum Gasteiger partial charge on any atom is 0.277 e. The summed E-state index contributed by atoms with van der Waals surface area (Å²) in [6.07, 6.45) is 0. The van der Waals surface area contributed by atoms with Crippen LogP contribution < -0.4 is 9.64 Å². The molecule has 5 rings (SSSR count). The highest BCUT2D eigenvalue weighted by Crippen LogP contribution is 2.48. The van der Waals surface area contributed by atoms with E-state index in [1.165, 1.54) is 11.8 Å². The molecule has 3 aromatic carbocycles. The second-order valence-electron chi connectivity index (χ2n) is 6.76. The van der Waals surface area contributed by atoms with E-state index in [1.807, 2.05) is 48.5 Å². The smallest absolute Gasteiger partial charge is 0.277 e. The summed E-state index contributed by atoms with van der Waals surface area (Å²) in [4.78, 5) is 17.1. The van der Waals surface area contributed by atoms with Gasteiger partial charge in [-0.2, -0.15) is 0 Å². The summed E-state index contributed by atoms with van der Waals surface area (Å²) in [7, 11) is 0. The predicted octanol–water partition coefficient (Wildman–Crippen LogP) is 6.22. The number of ether oxygens (including phenoxy) is 1. The zero-order chi connectivity index (χ0) is 21.9. The van der Waals surface area contributed by atoms with Crippen molar-refractivity contribution >= 4 is 52.4 Å². The Kier molecular flexibility index (Phi) is 6.07. The van der Waals surface area contributed by atoms with Crippen LogP contribution in [0.3, 0.4) is 0 Å². The van der Waals surface area contributed by atoms with Gasteiger partial charge in [0.15, 0.2) is 6.61 Å². The maximum atomic E-state index is 13.2. The molecule has 1 aliphatic rings. The molecule has 32 heavy (non-hydrogen) atoms. The van der Waals surface area contributed by atoms with E-state index in [0.717, 1.165) is 21.2 Å². The summed E-state index contributed by atoms with van der Waals surface area (Å²) in [5.41, 5.74) is 1.76. The largest absolute Gasteiger partial charge is 0.484 e. The number of amides is 1. The molecule has 0 saturated carbocycles. The maximum absolute atomic E-state index is 13.2. The minimum atomic E-state index is -0.0626. The van der Waals surface area contributed by atoms with Gasteiger partial charge in [-0.1, -0.05) is 59.4 Å². The number of fused-ring (bicyclic) bond motifs is 2. The molecule has 1 aromatic heterocycles. The number of hydrogen-bond acceptors (Lipinski definition) is 7. The molecule has 2 heterocycles. The number of carbonyl (C=O) groups is 1. The van der Waals surface area contributed by atoms with Crippen molar-refractivity contribution in [1.29, 1.82) is 0 Å². The number of thioether (sulfide) groups is 1. The minimum Gasteiger partial charge on any atom is -0.484 e. The second kappa shape index (κ2) is 9.28. The van der Waals surface area contributed by atoms with Gasteiger partial charge in [0, 0.05) is 14.8 Å². The van der Waals surface area contributed by atoms with E-state index >= 15 is 0 Å². The fraction of sp³-hybridized carbons (Fsp3) is 0.0870. The zero-order valence-electron chi connectivity index (χ0n) is 16.6. The third-order valence-corrected chi connectivity index (χ3v) is 6.81.